The van der Waals surface area contributed by atoms with Gasteiger partial charge in [0.1, 0.15) is 5.82 Å². The first-order valence-corrected chi connectivity index (χ1v) is 6.74. The minimum absolute atomic E-state index is 0.615. The van der Waals surface area contributed by atoms with Crippen LogP contribution in [0.3, 0.4) is 0 Å². The minimum Gasteiger partial charge on any atom is -0.308 e. The van der Waals surface area contributed by atoms with E-state index in [9.17, 15) is 0 Å². The molecular weight excluding hydrogens is 260 g/mol. The van der Waals surface area contributed by atoms with E-state index in [1.54, 1.807) is 0 Å². The molecule has 3 aromatic rings. The topological polar surface area (TPSA) is 63.8 Å². The lowest BCUT2D eigenvalue weighted by Gasteiger charge is -2.06. The summed E-state index contributed by atoms with van der Waals surface area (Å²) in [6.07, 6.45) is 0. The van der Waals surface area contributed by atoms with Crippen molar-refractivity contribution in [3.05, 3.63) is 66.4 Å². The number of aryl methyl sites for hydroxylation is 1. The highest BCUT2D eigenvalue weighted by Gasteiger charge is 2.05. The Morgan fingerprint density at radius 2 is 1.43 bits per heavy atom. The van der Waals surface area contributed by atoms with E-state index in [2.05, 4.69) is 39.7 Å². The summed E-state index contributed by atoms with van der Waals surface area (Å²) in [7, 11) is 0. The molecule has 1 heterocycles. The monoisotopic (exact) mass is 276 g/mol. The molecule has 0 saturated carbocycles. The molecule has 0 atom stereocenters. The molecule has 21 heavy (non-hydrogen) atoms. The Bertz CT molecular complexity index is 736. The van der Waals surface area contributed by atoms with E-state index >= 15 is 0 Å². The van der Waals surface area contributed by atoms with Gasteiger partial charge in [-0.15, -0.1) is 0 Å². The fraction of sp³-hybridized carbons (Fsp3) is 0.0588. The molecule has 2 aromatic carbocycles. The predicted octanol–water partition coefficient (Wildman–Crippen LogP) is 3.40. The van der Waals surface area contributed by atoms with Gasteiger partial charge < -0.3 is 5.43 Å². The maximum atomic E-state index is 5.43. The summed E-state index contributed by atoms with van der Waals surface area (Å²) >= 11 is 0. The van der Waals surface area contributed by atoms with Gasteiger partial charge in [0.15, 0.2) is 5.82 Å². The van der Waals surface area contributed by atoms with E-state index in [1.807, 2.05) is 43.3 Å². The van der Waals surface area contributed by atoms with Crippen molar-refractivity contribution >= 4 is 5.82 Å². The SMILES string of the molecule is Cc1cc(NN)nc(-c2ccc(-c3ccccc3)cc2)n1. The lowest BCUT2D eigenvalue weighted by molar-refractivity contribution is 1.09. The summed E-state index contributed by atoms with van der Waals surface area (Å²) in [4.78, 5) is 8.83. The number of hydrazine groups is 1. The number of nitrogens with one attached hydrogen (secondary N) is 1. The Morgan fingerprint density at radius 3 is 2.10 bits per heavy atom. The molecule has 0 radical (unpaired) electrons. The normalized spacial score (nSPS) is 10.4. The maximum Gasteiger partial charge on any atom is 0.161 e. The molecule has 0 unspecified atom stereocenters. The first kappa shape index (κ1) is 13.3. The maximum absolute atomic E-state index is 5.43. The molecule has 0 aliphatic carbocycles. The second-order valence-corrected chi connectivity index (χ2v) is 4.81. The number of hydrogen-bond acceptors (Lipinski definition) is 4. The first-order valence-electron chi connectivity index (χ1n) is 6.74. The van der Waals surface area contributed by atoms with Crippen molar-refractivity contribution in [1.82, 2.24) is 9.97 Å². The average Bonchev–Trinajstić information content (AvgIpc) is 2.55. The zero-order chi connectivity index (χ0) is 14.7. The van der Waals surface area contributed by atoms with Gasteiger partial charge >= 0.3 is 0 Å². The van der Waals surface area contributed by atoms with Crippen molar-refractivity contribution in [2.45, 2.75) is 6.92 Å². The van der Waals surface area contributed by atoms with E-state index in [-0.39, 0.29) is 0 Å². The largest absolute Gasteiger partial charge is 0.308 e. The third-order valence-electron chi connectivity index (χ3n) is 3.25. The Labute approximate surface area is 123 Å². The second-order valence-electron chi connectivity index (χ2n) is 4.81. The molecule has 0 amide bonds. The van der Waals surface area contributed by atoms with Gasteiger partial charge in [-0.3, -0.25) is 0 Å². The zero-order valence-electron chi connectivity index (χ0n) is 11.7. The van der Waals surface area contributed by atoms with Crippen LogP contribution in [-0.4, -0.2) is 9.97 Å². The highest BCUT2D eigenvalue weighted by atomic mass is 15.3. The summed E-state index contributed by atoms with van der Waals surface area (Å²) in [5.74, 6) is 6.71. The van der Waals surface area contributed by atoms with Gasteiger partial charge in [0, 0.05) is 17.3 Å². The van der Waals surface area contributed by atoms with E-state index in [4.69, 9.17) is 5.84 Å². The summed E-state index contributed by atoms with van der Waals surface area (Å²) in [5, 5.41) is 0. The summed E-state index contributed by atoms with van der Waals surface area (Å²) in [5.41, 5.74) is 6.77. The van der Waals surface area contributed by atoms with Crippen molar-refractivity contribution < 1.29 is 0 Å². The fourth-order valence-corrected chi connectivity index (χ4v) is 2.21. The van der Waals surface area contributed by atoms with Crippen LogP contribution in [-0.2, 0) is 0 Å². The van der Waals surface area contributed by atoms with Crippen LogP contribution < -0.4 is 11.3 Å². The van der Waals surface area contributed by atoms with Crippen molar-refractivity contribution in [3.8, 4) is 22.5 Å². The molecule has 0 saturated heterocycles. The van der Waals surface area contributed by atoms with Gasteiger partial charge in [0.2, 0.25) is 0 Å². The molecule has 0 aliphatic heterocycles. The van der Waals surface area contributed by atoms with Crippen molar-refractivity contribution in [2.24, 2.45) is 5.84 Å². The molecule has 3 N–H and O–H groups in total. The quantitative estimate of drug-likeness (QED) is 0.568. The third kappa shape index (κ3) is 2.90. The molecule has 0 fully saturated rings. The molecule has 0 bridgehead atoms. The number of rotatable bonds is 3. The Balaban J connectivity index is 1.96. The van der Waals surface area contributed by atoms with Crippen LogP contribution in [0, 0.1) is 6.92 Å². The first-order chi connectivity index (χ1) is 10.3. The molecule has 0 spiro atoms. The van der Waals surface area contributed by atoms with Gasteiger partial charge in [0.05, 0.1) is 0 Å². The molecular formula is C17H16N4. The van der Waals surface area contributed by atoms with Crippen molar-refractivity contribution in [2.75, 3.05) is 5.43 Å². The number of nitrogen functional groups attached to an aromatic ring is 1. The molecule has 4 nitrogen and oxygen atoms in total. The number of nitrogens with zero attached hydrogens (tertiary/aromatic N) is 2. The van der Waals surface area contributed by atoms with E-state index in [0.717, 1.165) is 11.3 Å². The lowest BCUT2D eigenvalue weighted by Crippen LogP contribution is -2.09. The zero-order valence-corrected chi connectivity index (χ0v) is 11.7. The van der Waals surface area contributed by atoms with Crippen LogP contribution in [0.1, 0.15) is 5.69 Å². The van der Waals surface area contributed by atoms with Gasteiger partial charge in [-0.2, -0.15) is 0 Å². The summed E-state index contributed by atoms with van der Waals surface area (Å²) in [6, 6.07) is 20.3. The number of hydrogen-bond donors (Lipinski definition) is 2. The Hall–Kier alpha value is -2.72. The molecule has 0 aliphatic rings. The smallest absolute Gasteiger partial charge is 0.161 e. The number of nitrogens with two attached hydrogens (primary N) is 1. The standard InChI is InChI=1S/C17H16N4/c1-12-11-16(21-18)20-17(19-12)15-9-7-14(8-10-15)13-5-3-2-4-6-13/h2-11H,18H2,1H3,(H,19,20,21). The number of anilines is 1. The Kier molecular flexibility index (Phi) is 3.62. The average molecular weight is 276 g/mol. The lowest BCUT2D eigenvalue weighted by atomic mass is 10.0. The van der Waals surface area contributed by atoms with Gasteiger partial charge in [-0.25, -0.2) is 15.8 Å². The molecule has 104 valence electrons. The van der Waals surface area contributed by atoms with E-state index in [0.29, 0.717) is 11.6 Å². The fourth-order valence-electron chi connectivity index (χ4n) is 2.21. The van der Waals surface area contributed by atoms with Crippen molar-refractivity contribution in [1.29, 1.82) is 0 Å². The van der Waals surface area contributed by atoms with Crippen LogP contribution in [0.5, 0.6) is 0 Å². The van der Waals surface area contributed by atoms with Crippen LogP contribution in [0.4, 0.5) is 5.82 Å². The minimum atomic E-state index is 0.615. The predicted molar refractivity (Wildman–Crippen MR) is 85.5 cm³/mol. The number of aromatic nitrogens is 2. The highest BCUT2D eigenvalue weighted by molar-refractivity contribution is 5.68. The Morgan fingerprint density at radius 1 is 0.810 bits per heavy atom. The third-order valence-corrected chi connectivity index (χ3v) is 3.25. The highest BCUT2D eigenvalue weighted by Crippen LogP contribution is 2.23. The number of benzene rings is 2. The van der Waals surface area contributed by atoms with Crippen LogP contribution in [0.25, 0.3) is 22.5 Å². The van der Waals surface area contributed by atoms with Crippen LogP contribution in [0.2, 0.25) is 0 Å². The summed E-state index contributed by atoms with van der Waals surface area (Å²) in [6.45, 7) is 1.92. The van der Waals surface area contributed by atoms with Gasteiger partial charge in [-0.1, -0.05) is 54.6 Å². The van der Waals surface area contributed by atoms with Crippen LogP contribution in [0.15, 0.2) is 60.7 Å². The summed E-state index contributed by atoms with van der Waals surface area (Å²) < 4.78 is 0. The van der Waals surface area contributed by atoms with Gasteiger partial charge in [-0.05, 0) is 18.1 Å². The molecule has 3 rings (SSSR count). The van der Waals surface area contributed by atoms with Gasteiger partial charge in [0.25, 0.3) is 0 Å². The van der Waals surface area contributed by atoms with E-state index in [1.165, 1.54) is 11.1 Å². The van der Waals surface area contributed by atoms with Crippen LogP contribution >= 0.6 is 0 Å². The van der Waals surface area contributed by atoms with E-state index < -0.39 is 0 Å². The molecule has 1 aromatic heterocycles. The molecule has 4 heteroatoms. The second kappa shape index (κ2) is 5.73. The van der Waals surface area contributed by atoms with Crippen molar-refractivity contribution in [3.63, 3.8) is 0 Å².